The van der Waals surface area contributed by atoms with Crippen LogP contribution in [0.2, 0.25) is 10.0 Å². The first-order chi connectivity index (χ1) is 14.9. The lowest BCUT2D eigenvalue weighted by Gasteiger charge is -2.16. The first-order valence-corrected chi connectivity index (χ1v) is 11.4. The highest BCUT2D eigenvalue weighted by Crippen LogP contribution is 2.30. The van der Waals surface area contributed by atoms with Gasteiger partial charge in [-0.3, -0.25) is 9.59 Å². The van der Waals surface area contributed by atoms with Crippen LogP contribution in [0.5, 0.6) is 0 Å². The summed E-state index contributed by atoms with van der Waals surface area (Å²) in [5.74, 6) is -0.336. The number of benzene rings is 3. The number of nitrogens with one attached hydrogen (secondary N) is 2. The highest BCUT2D eigenvalue weighted by atomic mass is 35.5. The SMILES string of the molecule is CCC(Sc1cccc(NC(=O)c2cccc(C)c2)c1)C(=O)Nc1cc(Cl)ccc1Cl. The Morgan fingerprint density at radius 3 is 2.48 bits per heavy atom. The number of carbonyl (C=O) groups excluding carboxylic acids is 2. The van der Waals surface area contributed by atoms with Gasteiger partial charge in [-0.05, 0) is 61.9 Å². The molecule has 0 aliphatic heterocycles. The third kappa shape index (κ3) is 6.50. The van der Waals surface area contributed by atoms with E-state index in [1.165, 1.54) is 11.8 Å². The molecule has 1 unspecified atom stereocenters. The molecule has 31 heavy (non-hydrogen) atoms. The topological polar surface area (TPSA) is 58.2 Å². The molecule has 4 nitrogen and oxygen atoms in total. The van der Waals surface area contributed by atoms with Crippen LogP contribution in [0.3, 0.4) is 0 Å². The minimum absolute atomic E-state index is 0.161. The molecule has 0 aromatic heterocycles. The van der Waals surface area contributed by atoms with E-state index in [1.807, 2.05) is 56.3 Å². The number of thioether (sulfide) groups is 1. The Bertz CT molecular complexity index is 1100. The van der Waals surface area contributed by atoms with E-state index in [4.69, 9.17) is 23.2 Å². The van der Waals surface area contributed by atoms with Crippen molar-refractivity contribution in [3.8, 4) is 0 Å². The zero-order valence-electron chi connectivity index (χ0n) is 17.1. The average molecular weight is 473 g/mol. The smallest absolute Gasteiger partial charge is 0.255 e. The molecule has 2 N–H and O–H groups in total. The van der Waals surface area contributed by atoms with Gasteiger partial charge in [0.05, 0.1) is 16.0 Å². The van der Waals surface area contributed by atoms with Crippen LogP contribution >= 0.6 is 35.0 Å². The largest absolute Gasteiger partial charge is 0.324 e. The van der Waals surface area contributed by atoms with E-state index in [2.05, 4.69) is 10.6 Å². The van der Waals surface area contributed by atoms with E-state index in [0.717, 1.165) is 10.5 Å². The molecular formula is C24H22Cl2N2O2S. The normalized spacial score (nSPS) is 11.6. The van der Waals surface area contributed by atoms with Crippen LogP contribution in [0.15, 0.2) is 71.6 Å². The molecule has 0 radical (unpaired) electrons. The summed E-state index contributed by atoms with van der Waals surface area (Å²) in [4.78, 5) is 26.2. The Morgan fingerprint density at radius 1 is 0.968 bits per heavy atom. The number of halogens is 2. The Kier molecular flexibility index (Phi) is 8.02. The standard InChI is InChI=1S/C24H22Cl2N2O2S/c1-3-22(24(30)28-21-13-17(25)10-11-20(21)26)31-19-9-5-8-18(14-19)27-23(29)16-7-4-6-15(2)12-16/h4-14,22H,3H2,1-2H3,(H,27,29)(H,28,30). The number of hydrogen-bond donors (Lipinski definition) is 2. The first-order valence-electron chi connectivity index (χ1n) is 9.76. The second kappa shape index (κ2) is 10.7. The van der Waals surface area contributed by atoms with Gasteiger partial charge >= 0.3 is 0 Å². The summed E-state index contributed by atoms with van der Waals surface area (Å²) in [6.07, 6.45) is 0.620. The van der Waals surface area contributed by atoms with Crippen molar-refractivity contribution in [1.29, 1.82) is 0 Å². The molecule has 2 amide bonds. The summed E-state index contributed by atoms with van der Waals surface area (Å²) < 4.78 is 0. The van der Waals surface area contributed by atoms with Gasteiger partial charge in [0.15, 0.2) is 0 Å². The molecule has 0 heterocycles. The summed E-state index contributed by atoms with van der Waals surface area (Å²) >= 11 is 13.6. The molecule has 7 heteroatoms. The fourth-order valence-electron chi connectivity index (χ4n) is 2.93. The number of hydrogen-bond acceptors (Lipinski definition) is 3. The maximum absolute atomic E-state index is 12.8. The van der Waals surface area contributed by atoms with Gasteiger partial charge in [0, 0.05) is 21.2 Å². The third-order valence-electron chi connectivity index (χ3n) is 4.50. The van der Waals surface area contributed by atoms with Gasteiger partial charge in [0.25, 0.3) is 5.91 Å². The maximum Gasteiger partial charge on any atom is 0.255 e. The van der Waals surface area contributed by atoms with Gasteiger partial charge in [-0.1, -0.05) is 53.9 Å². The van der Waals surface area contributed by atoms with Crippen molar-refractivity contribution in [2.75, 3.05) is 10.6 Å². The van der Waals surface area contributed by atoms with Crippen LogP contribution in [0.4, 0.5) is 11.4 Å². The van der Waals surface area contributed by atoms with Gasteiger partial charge in [-0.15, -0.1) is 11.8 Å². The van der Waals surface area contributed by atoms with Crippen LogP contribution in [0, 0.1) is 6.92 Å². The van der Waals surface area contributed by atoms with Crippen LogP contribution < -0.4 is 10.6 Å². The van der Waals surface area contributed by atoms with E-state index < -0.39 is 0 Å². The fraction of sp³-hybridized carbons (Fsp3) is 0.167. The number of amides is 2. The number of aryl methyl sites for hydroxylation is 1. The zero-order valence-corrected chi connectivity index (χ0v) is 19.4. The predicted octanol–water partition coefficient (Wildman–Crippen LogP) is 7.06. The van der Waals surface area contributed by atoms with Crippen molar-refractivity contribution < 1.29 is 9.59 Å². The molecule has 0 saturated carbocycles. The lowest BCUT2D eigenvalue weighted by atomic mass is 10.1. The van der Waals surface area contributed by atoms with Gasteiger partial charge < -0.3 is 10.6 Å². The monoisotopic (exact) mass is 472 g/mol. The highest BCUT2D eigenvalue weighted by Gasteiger charge is 2.19. The molecule has 0 spiro atoms. The van der Waals surface area contributed by atoms with Crippen molar-refractivity contribution in [2.24, 2.45) is 0 Å². The van der Waals surface area contributed by atoms with Gasteiger partial charge in [0.1, 0.15) is 0 Å². The molecule has 160 valence electrons. The van der Waals surface area contributed by atoms with Gasteiger partial charge in [-0.2, -0.15) is 0 Å². The second-order valence-electron chi connectivity index (χ2n) is 6.98. The van der Waals surface area contributed by atoms with Crippen molar-refractivity contribution >= 4 is 58.2 Å². The average Bonchev–Trinajstić information content (AvgIpc) is 2.74. The van der Waals surface area contributed by atoms with E-state index in [-0.39, 0.29) is 17.1 Å². The summed E-state index contributed by atoms with van der Waals surface area (Å²) in [5, 5.41) is 6.36. The van der Waals surface area contributed by atoms with Crippen LogP contribution in [-0.2, 0) is 4.79 Å². The van der Waals surface area contributed by atoms with E-state index in [1.54, 1.807) is 24.3 Å². The van der Waals surface area contributed by atoms with Crippen molar-refractivity contribution in [2.45, 2.75) is 30.4 Å². The van der Waals surface area contributed by atoms with E-state index >= 15 is 0 Å². The molecule has 1 atom stereocenters. The third-order valence-corrected chi connectivity index (χ3v) is 6.42. The number of rotatable bonds is 7. The van der Waals surface area contributed by atoms with Gasteiger partial charge in [-0.25, -0.2) is 0 Å². The molecule has 0 aliphatic rings. The van der Waals surface area contributed by atoms with Crippen LogP contribution in [-0.4, -0.2) is 17.1 Å². The van der Waals surface area contributed by atoms with Crippen LogP contribution in [0.25, 0.3) is 0 Å². The maximum atomic E-state index is 12.8. The van der Waals surface area contributed by atoms with Crippen molar-refractivity contribution in [1.82, 2.24) is 0 Å². The zero-order chi connectivity index (χ0) is 22.4. The minimum Gasteiger partial charge on any atom is -0.324 e. The molecular weight excluding hydrogens is 451 g/mol. The Hall–Kier alpha value is -2.47. The van der Waals surface area contributed by atoms with Gasteiger partial charge in [0.2, 0.25) is 5.91 Å². The Labute approximate surface area is 196 Å². The fourth-order valence-corrected chi connectivity index (χ4v) is 4.28. The summed E-state index contributed by atoms with van der Waals surface area (Å²) in [6, 6.07) is 19.8. The Morgan fingerprint density at radius 2 is 1.74 bits per heavy atom. The number of anilines is 2. The molecule has 3 rings (SSSR count). The molecule has 3 aromatic rings. The Balaban J connectivity index is 1.68. The van der Waals surface area contributed by atoms with Crippen molar-refractivity contribution in [3.63, 3.8) is 0 Å². The molecule has 3 aromatic carbocycles. The summed E-state index contributed by atoms with van der Waals surface area (Å²) in [6.45, 7) is 3.89. The van der Waals surface area contributed by atoms with Crippen LogP contribution in [0.1, 0.15) is 29.3 Å². The van der Waals surface area contributed by atoms with E-state index in [9.17, 15) is 9.59 Å². The molecule has 0 saturated heterocycles. The lowest BCUT2D eigenvalue weighted by Crippen LogP contribution is -2.24. The van der Waals surface area contributed by atoms with E-state index in [0.29, 0.717) is 33.4 Å². The summed E-state index contributed by atoms with van der Waals surface area (Å²) in [5.41, 5.74) is 2.78. The van der Waals surface area contributed by atoms with Crippen molar-refractivity contribution in [3.05, 3.63) is 87.9 Å². The summed E-state index contributed by atoms with van der Waals surface area (Å²) in [7, 11) is 0. The quantitative estimate of drug-likeness (QED) is 0.361. The first kappa shape index (κ1) is 23.2. The molecule has 0 bridgehead atoms. The molecule has 0 fully saturated rings. The predicted molar refractivity (Wildman–Crippen MR) is 131 cm³/mol. The molecule has 0 aliphatic carbocycles. The minimum atomic E-state index is -0.335. The number of carbonyl (C=O) groups is 2. The lowest BCUT2D eigenvalue weighted by molar-refractivity contribution is -0.115. The second-order valence-corrected chi connectivity index (χ2v) is 9.10. The highest BCUT2D eigenvalue weighted by molar-refractivity contribution is 8.00.